The van der Waals surface area contributed by atoms with Crippen molar-refractivity contribution in [3.05, 3.63) is 48.2 Å². The van der Waals surface area contributed by atoms with Crippen LogP contribution in [0.2, 0.25) is 0 Å². The molecular formula is C19H28N4O4S2. The van der Waals surface area contributed by atoms with E-state index in [1.807, 2.05) is 0 Å². The highest BCUT2D eigenvalue weighted by atomic mass is 32.2. The van der Waals surface area contributed by atoms with Gasteiger partial charge < -0.3 is 0 Å². The van der Waals surface area contributed by atoms with Crippen molar-refractivity contribution in [3.63, 3.8) is 0 Å². The van der Waals surface area contributed by atoms with Crippen LogP contribution in [0.15, 0.2) is 52.4 Å². The summed E-state index contributed by atoms with van der Waals surface area (Å²) in [6, 6.07) is 9.50. The minimum atomic E-state index is -3.80. The Balaban J connectivity index is 2.09. The average molecular weight is 441 g/mol. The van der Waals surface area contributed by atoms with Crippen molar-refractivity contribution in [2.75, 3.05) is 18.5 Å². The number of hydrogen-bond acceptors (Lipinski definition) is 6. The smallest absolute Gasteiger partial charge is 0.257 e. The summed E-state index contributed by atoms with van der Waals surface area (Å²) < 4.78 is 51.1. The SMILES string of the molecule is CCC(C)c1ccc(S(=O)(=O)NNc2ccc(S(=O)(=O)N(CC)CC)cn2)cc1. The summed E-state index contributed by atoms with van der Waals surface area (Å²) in [5.74, 6) is 0.538. The van der Waals surface area contributed by atoms with Gasteiger partial charge in [0.25, 0.3) is 10.0 Å². The Morgan fingerprint density at radius 3 is 2.00 bits per heavy atom. The van der Waals surface area contributed by atoms with E-state index in [0.29, 0.717) is 19.0 Å². The molecule has 0 saturated carbocycles. The van der Waals surface area contributed by atoms with Crippen LogP contribution in [0, 0.1) is 0 Å². The van der Waals surface area contributed by atoms with E-state index < -0.39 is 20.0 Å². The molecule has 1 heterocycles. The van der Waals surface area contributed by atoms with Gasteiger partial charge in [0, 0.05) is 19.3 Å². The fourth-order valence-corrected chi connectivity index (χ4v) is 4.96. The third-order valence-electron chi connectivity index (χ3n) is 4.76. The Bertz CT molecular complexity index is 1000. The molecule has 0 amide bonds. The second kappa shape index (κ2) is 9.66. The molecular weight excluding hydrogens is 412 g/mol. The summed E-state index contributed by atoms with van der Waals surface area (Å²) in [7, 11) is -7.41. The van der Waals surface area contributed by atoms with Crippen molar-refractivity contribution in [2.45, 2.75) is 49.8 Å². The average Bonchev–Trinajstić information content (AvgIpc) is 2.73. The fraction of sp³-hybridized carbons (Fsp3) is 0.421. The monoisotopic (exact) mass is 440 g/mol. The summed E-state index contributed by atoms with van der Waals surface area (Å²) in [6.45, 7) is 8.39. The molecule has 0 spiro atoms. The van der Waals surface area contributed by atoms with Crippen LogP contribution in [0.3, 0.4) is 0 Å². The number of nitrogens with zero attached hydrogens (tertiary/aromatic N) is 2. The van der Waals surface area contributed by atoms with Gasteiger partial charge in [0.2, 0.25) is 10.0 Å². The highest BCUT2D eigenvalue weighted by molar-refractivity contribution is 7.89. The molecule has 0 radical (unpaired) electrons. The molecule has 0 aliphatic rings. The van der Waals surface area contributed by atoms with Gasteiger partial charge >= 0.3 is 0 Å². The van der Waals surface area contributed by atoms with Crippen LogP contribution < -0.4 is 10.3 Å². The van der Waals surface area contributed by atoms with Gasteiger partial charge in [0.15, 0.2) is 0 Å². The second-order valence-corrected chi connectivity index (χ2v) is 10.2. The van der Waals surface area contributed by atoms with Gasteiger partial charge in [-0.15, -0.1) is 4.83 Å². The van der Waals surface area contributed by atoms with Crippen molar-refractivity contribution in [1.82, 2.24) is 14.1 Å². The zero-order valence-electron chi connectivity index (χ0n) is 17.1. The van der Waals surface area contributed by atoms with Gasteiger partial charge in [-0.3, -0.25) is 5.43 Å². The van der Waals surface area contributed by atoms with E-state index in [1.165, 1.54) is 22.6 Å². The largest absolute Gasteiger partial charge is 0.292 e. The Kier molecular flexibility index (Phi) is 7.75. The lowest BCUT2D eigenvalue weighted by Gasteiger charge is -2.18. The molecule has 29 heavy (non-hydrogen) atoms. The van der Waals surface area contributed by atoms with E-state index in [1.54, 1.807) is 38.1 Å². The first kappa shape index (κ1) is 23.3. The third-order valence-corrected chi connectivity index (χ3v) is 8.06. The number of sulfonamides is 2. The summed E-state index contributed by atoms with van der Waals surface area (Å²) in [5.41, 5.74) is 3.59. The van der Waals surface area contributed by atoms with Crippen molar-refractivity contribution in [2.24, 2.45) is 0 Å². The molecule has 1 aromatic carbocycles. The topological polar surface area (TPSA) is 108 Å². The number of nitrogens with one attached hydrogen (secondary N) is 2. The zero-order chi connectivity index (χ0) is 21.7. The molecule has 2 aromatic rings. The van der Waals surface area contributed by atoms with E-state index in [4.69, 9.17) is 0 Å². The quantitative estimate of drug-likeness (QED) is 0.550. The third kappa shape index (κ3) is 5.53. The van der Waals surface area contributed by atoms with Crippen molar-refractivity contribution < 1.29 is 16.8 Å². The first-order valence-corrected chi connectivity index (χ1v) is 12.4. The Morgan fingerprint density at radius 2 is 1.52 bits per heavy atom. The minimum Gasteiger partial charge on any atom is -0.292 e. The van der Waals surface area contributed by atoms with E-state index in [2.05, 4.69) is 29.1 Å². The normalized spacial score (nSPS) is 13.4. The first-order valence-electron chi connectivity index (χ1n) is 9.49. The molecule has 1 atom stereocenters. The van der Waals surface area contributed by atoms with Crippen LogP contribution in [-0.4, -0.2) is 39.2 Å². The van der Waals surface area contributed by atoms with Gasteiger partial charge in [0.1, 0.15) is 10.7 Å². The van der Waals surface area contributed by atoms with Gasteiger partial charge in [-0.25, -0.2) is 21.8 Å². The molecule has 0 fully saturated rings. The predicted molar refractivity (Wildman–Crippen MR) is 113 cm³/mol. The molecule has 160 valence electrons. The number of anilines is 1. The molecule has 1 unspecified atom stereocenters. The number of hydrazine groups is 1. The van der Waals surface area contributed by atoms with E-state index in [-0.39, 0.29) is 15.6 Å². The second-order valence-electron chi connectivity index (χ2n) is 6.58. The first-order chi connectivity index (χ1) is 13.7. The maximum atomic E-state index is 12.5. The van der Waals surface area contributed by atoms with E-state index >= 15 is 0 Å². The van der Waals surface area contributed by atoms with Crippen LogP contribution in [0.1, 0.15) is 45.6 Å². The number of pyridine rings is 1. The number of hydrogen-bond donors (Lipinski definition) is 2. The molecule has 8 nitrogen and oxygen atoms in total. The van der Waals surface area contributed by atoms with E-state index in [9.17, 15) is 16.8 Å². The van der Waals surface area contributed by atoms with Crippen LogP contribution >= 0.6 is 0 Å². The maximum Gasteiger partial charge on any atom is 0.257 e. The molecule has 0 saturated heterocycles. The zero-order valence-corrected chi connectivity index (χ0v) is 18.7. The summed E-state index contributed by atoms with van der Waals surface area (Å²) in [6.07, 6.45) is 2.17. The van der Waals surface area contributed by atoms with Crippen molar-refractivity contribution in [1.29, 1.82) is 0 Å². The van der Waals surface area contributed by atoms with Crippen LogP contribution in [-0.2, 0) is 20.0 Å². The highest BCUT2D eigenvalue weighted by Crippen LogP contribution is 2.20. The lowest BCUT2D eigenvalue weighted by atomic mass is 9.99. The lowest BCUT2D eigenvalue weighted by molar-refractivity contribution is 0.445. The van der Waals surface area contributed by atoms with Gasteiger partial charge in [-0.2, -0.15) is 4.31 Å². The predicted octanol–water partition coefficient (Wildman–Crippen LogP) is 2.93. The summed E-state index contributed by atoms with van der Waals surface area (Å²) >= 11 is 0. The van der Waals surface area contributed by atoms with Crippen molar-refractivity contribution >= 4 is 25.9 Å². The standard InChI is InChI=1S/C19H28N4O4S2/c1-5-15(4)16-8-10-17(11-9-16)28(24,25)22-21-19-13-12-18(14-20-19)29(26,27)23(6-2)7-3/h8-15,22H,5-7H2,1-4H3,(H,20,21). The highest BCUT2D eigenvalue weighted by Gasteiger charge is 2.22. The number of benzene rings is 1. The fourth-order valence-electron chi connectivity index (χ4n) is 2.71. The Labute approximate surface area is 173 Å². The Hall–Kier alpha value is -2.01. The molecule has 10 heteroatoms. The molecule has 0 aliphatic heterocycles. The molecule has 0 aliphatic carbocycles. The molecule has 1 aromatic heterocycles. The van der Waals surface area contributed by atoms with Gasteiger partial charge in [-0.1, -0.05) is 39.8 Å². The molecule has 0 bridgehead atoms. The lowest BCUT2D eigenvalue weighted by Crippen LogP contribution is -2.31. The molecule has 2 rings (SSSR count). The van der Waals surface area contributed by atoms with Gasteiger partial charge in [0.05, 0.1) is 4.90 Å². The van der Waals surface area contributed by atoms with Crippen LogP contribution in [0.25, 0.3) is 0 Å². The molecule has 2 N–H and O–H groups in total. The van der Waals surface area contributed by atoms with Crippen LogP contribution in [0.5, 0.6) is 0 Å². The Morgan fingerprint density at radius 1 is 0.931 bits per heavy atom. The summed E-state index contributed by atoms with van der Waals surface area (Å²) in [4.78, 5) is 6.43. The van der Waals surface area contributed by atoms with Crippen LogP contribution in [0.4, 0.5) is 5.82 Å². The maximum absolute atomic E-state index is 12.5. The summed E-state index contributed by atoms with van der Waals surface area (Å²) in [5, 5.41) is 0. The number of rotatable bonds is 10. The number of aromatic nitrogens is 1. The van der Waals surface area contributed by atoms with Gasteiger partial charge in [-0.05, 0) is 42.2 Å². The van der Waals surface area contributed by atoms with Crippen molar-refractivity contribution in [3.8, 4) is 0 Å². The minimum absolute atomic E-state index is 0.0511. The van der Waals surface area contributed by atoms with E-state index in [0.717, 1.165) is 12.0 Å².